The molecule has 9 rings (SSSR count). The first-order valence-electron chi connectivity index (χ1n) is 20.2. The van der Waals surface area contributed by atoms with Crippen molar-refractivity contribution in [1.29, 1.82) is 0 Å². The molecule has 1 unspecified atom stereocenters. The van der Waals surface area contributed by atoms with E-state index in [1.807, 2.05) is 65.3 Å². The quantitative estimate of drug-likeness (QED) is 0.199. The van der Waals surface area contributed by atoms with Crippen LogP contribution in [0.15, 0.2) is 72.8 Å². The Hall–Kier alpha value is -6.06. The maximum absolute atomic E-state index is 13.3. The van der Waals surface area contributed by atoms with Gasteiger partial charge in [0.05, 0.1) is 17.2 Å². The number of fused-ring (bicyclic) bond motifs is 1. The largest absolute Gasteiger partial charge is 0.457 e. The topological polar surface area (TPSA) is 189 Å². The van der Waals surface area contributed by atoms with Crippen LogP contribution in [-0.2, 0) is 9.59 Å². The highest BCUT2D eigenvalue weighted by Gasteiger charge is 2.45. The van der Waals surface area contributed by atoms with Gasteiger partial charge in [-0.05, 0) is 86.7 Å². The summed E-state index contributed by atoms with van der Waals surface area (Å²) in [6, 6.07) is 21.9. The molecule has 58 heavy (non-hydrogen) atoms. The van der Waals surface area contributed by atoms with Crippen LogP contribution in [0.4, 0.5) is 11.5 Å². The number of piperazine rings is 1. The number of rotatable bonds is 10. The summed E-state index contributed by atoms with van der Waals surface area (Å²) in [4.78, 5) is 71.4. The van der Waals surface area contributed by atoms with Gasteiger partial charge in [-0.25, -0.2) is 4.68 Å². The smallest absolute Gasteiger partial charge is 0.262 e. The number of anilines is 2. The fourth-order valence-electron chi connectivity index (χ4n) is 9.37. The number of imide groups is 2. The Morgan fingerprint density at radius 3 is 2.16 bits per heavy atom. The number of hydrogen-bond donors (Lipinski definition) is 3. The van der Waals surface area contributed by atoms with Crippen LogP contribution < -0.4 is 26.4 Å². The molecule has 0 radical (unpaired) electrons. The minimum absolute atomic E-state index is 0.0835. The minimum atomic E-state index is -0.970. The maximum Gasteiger partial charge on any atom is 0.262 e. The Kier molecular flexibility index (Phi) is 9.94. The van der Waals surface area contributed by atoms with Crippen molar-refractivity contribution in [3.63, 3.8) is 0 Å². The highest BCUT2D eigenvalue weighted by atomic mass is 16.5. The SMILES string of the molecule is NC(=O)c1c(-c2ccc(Oc3ccccc3)cc2)nn(C2CCC(N3CCN(CC4CN(c5ccc6c(c5)C(=O)N(C5CCC(=O)NC5=O)C6=O)C4)CC3)CC2)c1N. The third-order valence-corrected chi connectivity index (χ3v) is 12.5. The lowest BCUT2D eigenvalue weighted by Crippen LogP contribution is -2.56. The first-order chi connectivity index (χ1) is 28.1. The van der Waals surface area contributed by atoms with Gasteiger partial charge in [-0.15, -0.1) is 0 Å². The first kappa shape index (κ1) is 37.5. The van der Waals surface area contributed by atoms with E-state index in [0.717, 1.165) is 93.4 Å². The van der Waals surface area contributed by atoms with Crippen LogP contribution in [-0.4, -0.2) is 112 Å². The second-order valence-electron chi connectivity index (χ2n) is 16.1. The third kappa shape index (κ3) is 7.08. The summed E-state index contributed by atoms with van der Waals surface area (Å²) in [6.07, 6.45) is 4.10. The molecule has 0 spiro atoms. The van der Waals surface area contributed by atoms with E-state index in [0.29, 0.717) is 40.3 Å². The molecule has 1 saturated carbocycles. The molecule has 4 aliphatic heterocycles. The molecule has 15 heteroatoms. The Morgan fingerprint density at radius 1 is 0.793 bits per heavy atom. The van der Waals surface area contributed by atoms with Gasteiger partial charge in [0.2, 0.25) is 11.8 Å². The summed E-state index contributed by atoms with van der Waals surface area (Å²) in [5, 5.41) is 7.11. The fourth-order valence-corrected chi connectivity index (χ4v) is 9.37. The molecule has 5 aliphatic rings. The molecule has 0 bridgehead atoms. The van der Waals surface area contributed by atoms with E-state index in [2.05, 4.69) is 20.0 Å². The highest BCUT2D eigenvalue weighted by Crippen LogP contribution is 2.38. The van der Waals surface area contributed by atoms with Gasteiger partial charge >= 0.3 is 0 Å². The second-order valence-corrected chi connectivity index (χ2v) is 16.1. The number of primary amides is 1. The molecular formula is C43H47N9O6. The van der Waals surface area contributed by atoms with Crippen molar-refractivity contribution in [2.24, 2.45) is 11.7 Å². The van der Waals surface area contributed by atoms with Gasteiger partial charge in [0, 0.05) is 75.4 Å². The van der Waals surface area contributed by atoms with Crippen LogP contribution in [0.2, 0.25) is 0 Å². The second kappa shape index (κ2) is 15.4. The van der Waals surface area contributed by atoms with Gasteiger partial charge in [-0.3, -0.25) is 39.1 Å². The molecular weight excluding hydrogens is 739 g/mol. The van der Waals surface area contributed by atoms with Crippen molar-refractivity contribution in [3.05, 3.63) is 89.5 Å². The van der Waals surface area contributed by atoms with E-state index in [1.54, 1.807) is 12.1 Å². The molecule has 3 saturated heterocycles. The molecule has 15 nitrogen and oxygen atoms in total. The molecule has 4 aromatic rings. The average molecular weight is 786 g/mol. The van der Waals surface area contributed by atoms with Gasteiger partial charge in [0.1, 0.15) is 34.6 Å². The first-order valence-corrected chi connectivity index (χ1v) is 20.2. The number of nitrogens with one attached hydrogen (secondary N) is 1. The normalized spacial score (nSPS) is 23.1. The molecule has 1 atom stereocenters. The standard InChI is InChI=1S/C43H47N9O6/c44-39-37(40(45)54)38(27-6-13-32(14-7-27)58-31-4-2-1-3-5-31)47-52(39)29-10-8-28(9-11-29)49-20-18-48(19-21-49)23-26-24-50(25-26)30-12-15-33-34(22-30)43(57)51(42(33)56)35-16-17-36(53)46-41(35)55/h1-7,12-15,22,26,28-29,35H,8-11,16-21,23-25,44H2,(H2,45,54)(H,46,53,55). The summed E-state index contributed by atoms with van der Waals surface area (Å²) in [5.41, 5.74) is 15.4. The summed E-state index contributed by atoms with van der Waals surface area (Å²) in [7, 11) is 0. The molecule has 4 fully saturated rings. The zero-order valence-electron chi connectivity index (χ0n) is 32.2. The number of hydrogen-bond acceptors (Lipinski definition) is 11. The summed E-state index contributed by atoms with van der Waals surface area (Å²) >= 11 is 0. The maximum atomic E-state index is 13.3. The van der Waals surface area contributed by atoms with E-state index in [-0.39, 0.29) is 24.4 Å². The van der Waals surface area contributed by atoms with E-state index < -0.39 is 35.6 Å². The predicted octanol–water partition coefficient (Wildman–Crippen LogP) is 3.66. The summed E-state index contributed by atoms with van der Waals surface area (Å²) in [6.45, 7) is 6.79. The molecule has 5 N–H and O–H groups in total. The lowest BCUT2D eigenvalue weighted by molar-refractivity contribution is -0.136. The number of nitrogen functional groups attached to an aromatic ring is 1. The van der Waals surface area contributed by atoms with Crippen molar-refractivity contribution in [2.45, 2.75) is 56.7 Å². The number of para-hydroxylation sites is 1. The zero-order chi connectivity index (χ0) is 40.1. The molecule has 5 heterocycles. The van der Waals surface area contributed by atoms with Crippen molar-refractivity contribution in [1.82, 2.24) is 29.8 Å². The molecule has 5 amide bonds. The molecule has 1 aliphatic carbocycles. The number of nitrogens with zero attached hydrogens (tertiary/aromatic N) is 6. The average Bonchev–Trinajstić information content (AvgIpc) is 3.69. The summed E-state index contributed by atoms with van der Waals surface area (Å²) in [5.74, 6) is -0.336. The molecule has 1 aromatic heterocycles. The van der Waals surface area contributed by atoms with Crippen molar-refractivity contribution in [3.8, 4) is 22.8 Å². The van der Waals surface area contributed by atoms with E-state index >= 15 is 0 Å². The Labute approximate surface area is 335 Å². The van der Waals surface area contributed by atoms with Gasteiger partial charge in [0.25, 0.3) is 17.7 Å². The van der Waals surface area contributed by atoms with Gasteiger partial charge in [-0.2, -0.15) is 5.10 Å². The van der Waals surface area contributed by atoms with E-state index in [9.17, 15) is 24.0 Å². The van der Waals surface area contributed by atoms with Crippen LogP contribution in [0, 0.1) is 5.92 Å². The lowest BCUT2D eigenvalue weighted by Gasteiger charge is -2.46. The van der Waals surface area contributed by atoms with Crippen LogP contribution in [0.3, 0.4) is 0 Å². The van der Waals surface area contributed by atoms with E-state index in [1.165, 1.54) is 0 Å². The number of piperidine rings is 1. The summed E-state index contributed by atoms with van der Waals surface area (Å²) < 4.78 is 7.75. The number of ether oxygens (including phenoxy) is 1. The van der Waals surface area contributed by atoms with Gasteiger partial charge in [0.15, 0.2) is 0 Å². The third-order valence-electron chi connectivity index (χ3n) is 12.5. The minimum Gasteiger partial charge on any atom is -0.457 e. The Morgan fingerprint density at radius 2 is 1.47 bits per heavy atom. The van der Waals surface area contributed by atoms with Crippen molar-refractivity contribution in [2.75, 3.05) is 56.4 Å². The lowest BCUT2D eigenvalue weighted by atomic mass is 9.89. The van der Waals surface area contributed by atoms with Crippen LogP contribution in [0.5, 0.6) is 11.5 Å². The number of benzene rings is 3. The van der Waals surface area contributed by atoms with Crippen LogP contribution in [0.25, 0.3) is 11.3 Å². The highest BCUT2D eigenvalue weighted by molar-refractivity contribution is 6.23. The number of carbonyl (C=O) groups is 5. The van der Waals surface area contributed by atoms with E-state index in [4.69, 9.17) is 21.3 Å². The zero-order valence-corrected chi connectivity index (χ0v) is 32.2. The number of aromatic nitrogens is 2. The number of amides is 5. The molecule has 3 aromatic carbocycles. The van der Waals surface area contributed by atoms with Crippen molar-refractivity contribution < 1.29 is 28.7 Å². The Bertz CT molecular complexity index is 2260. The van der Waals surface area contributed by atoms with Crippen LogP contribution >= 0.6 is 0 Å². The van der Waals surface area contributed by atoms with Crippen LogP contribution in [0.1, 0.15) is 75.6 Å². The van der Waals surface area contributed by atoms with Crippen molar-refractivity contribution >= 4 is 41.0 Å². The van der Waals surface area contributed by atoms with Gasteiger partial charge < -0.3 is 26.0 Å². The fraction of sp³-hybridized carbons (Fsp3) is 0.395. The molecule has 300 valence electrons. The monoisotopic (exact) mass is 785 g/mol. The van der Waals surface area contributed by atoms with Gasteiger partial charge in [-0.1, -0.05) is 18.2 Å². The number of carbonyl (C=O) groups excluding carboxylic acids is 5. The number of nitrogens with two attached hydrogens (primary N) is 2. The predicted molar refractivity (Wildman–Crippen MR) is 215 cm³/mol. The Balaban J connectivity index is 0.746.